The largest absolute Gasteiger partial charge is 0.463 e. The average molecular weight is 593 g/mol. The molecule has 15 heteroatoms. The fourth-order valence-corrected chi connectivity index (χ4v) is 6.52. The highest BCUT2D eigenvalue weighted by Gasteiger charge is 2.63. The fraction of sp³-hybridized carbons (Fsp3) is 0.560. The normalized spacial score (nSPS) is 25.4. The second-order valence-corrected chi connectivity index (χ2v) is 12.3. The van der Waals surface area contributed by atoms with Gasteiger partial charge in [0.15, 0.2) is 6.23 Å². The van der Waals surface area contributed by atoms with E-state index >= 15 is 4.39 Å². The molecule has 2 heterocycles. The lowest BCUT2D eigenvalue weighted by molar-refractivity contribution is -0.151. The Hall–Kier alpha value is -2.93. The first-order valence-electron chi connectivity index (χ1n) is 12.4. The summed E-state index contributed by atoms with van der Waals surface area (Å²) < 4.78 is 80.4. The number of carbonyl (C=O) groups is 1. The third-order valence-corrected chi connectivity index (χ3v) is 8.38. The summed E-state index contributed by atoms with van der Waals surface area (Å²) >= 11 is 0. The van der Waals surface area contributed by atoms with Gasteiger partial charge in [0.25, 0.3) is 5.56 Å². The van der Waals surface area contributed by atoms with Crippen molar-refractivity contribution < 1.29 is 46.2 Å². The van der Waals surface area contributed by atoms with Crippen molar-refractivity contribution in [1.82, 2.24) is 9.55 Å². The monoisotopic (exact) mass is 592 g/mol. The van der Waals surface area contributed by atoms with E-state index in [0.29, 0.717) is 6.20 Å². The summed E-state index contributed by atoms with van der Waals surface area (Å²) in [5.41, 5.74) is -7.95. The molecular formula is C25H32F3N2O9P. The van der Waals surface area contributed by atoms with Crippen LogP contribution >= 0.6 is 7.60 Å². The highest BCUT2D eigenvalue weighted by molar-refractivity contribution is 7.54. The Morgan fingerprint density at radius 1 is 1.25 bits per heavy atom. The summed E-state index contributed by atoms with van der Waals surface area (Å²) in [6, 6.07) is 7.81. The van der Waals surface area contributed by atoms with Crippen molar-refractivity contribution in [2.24, 2.45) is 5.92 Å². The number of halogens is 3. The number of esters is 1. The molecule has 1 unspecified atom stereocenters. The Bertz CT molecular complexity index is 1370. The van der Waals surface area contributed by atoms with E-state index in [0.717, 1.165) is 0 Å². The Morgan fingerprint density at radius 3 is 2.45 bits per heavy atom. The first-order chi connectivity index (χ1) is 18.5. The molecule has 3 rings (SSSR count). The summed E-state index contributed by atoms with van der Waals surface area (Å²) in [5.74, 6) is -3.06. The minimum absolute atomic E-state index is 0.107. The van der Waals surface area contributed by atoms with E-state index in [1.807, 2.05) is 0 Å². The molecule has 0 spiro atoms. The molecule has 11 nitrogen and oxygen atoms in total. The molecule has 0 saturated carbocycles. The van der Waals surface area contributed by atoms with E-state index in [4.69, 9.17) is 18.5 Å². The first-order valence-corrected chi connectivity index (χ1v) is 14.1. The van der Waals surface area contributed by atoms with Crippen LogP contribution in [0.5, 0.6) is 5.75 Å². The van der Waals surface area contributed by atoms with Crippen LogP contribution in [0.1, 0.15) is 40.8 Å². The number of H-pyrrole nitrogens is 1. The Kier molecular flexibility index (Phi) is 9.40. The maximum absolute atomic E-state index is 15.9. The van der Waals surface area contributed by atoms with Crippen molar-refractivity contribution in [3.63, 3.8) is 0 Å². The van der Waals surface area contributed by atoms with Crippen molar-refractivity contribution in [3.8, 4) is 5.75 Å². The molecule has 2 N–H and O–H groups in total. The van der Waals surface area contributed by atoms with E-state index < -0.39 is 85.2 Å². The van der Waals surface area contributed by atoms with Gasteiger partial charge >= 0.3 is 19.3 Å². The van der Waals surface area contributed by atoms with Gasteiger partial charge in [-0.25, -0.2) is 18.1 Å². The summed E-state index contributed by atoms with van der Waals surface area (Å²) in [4.78, 5) is 37.8. The van der Waals surface area contributed by atoms with E-state index in [1.165, 1.54) is 32.9 Å². The average Bonchev–Trinajstić information content (AvgIpc) is 3.12. The number of carbonyl (C=O) groups excluding carboxylic acids is 1. The zero-order valence-corrected chi connectivity index (χ0v) is 23.4. The van der Waals surface area contributed by atoms with Gasteiger partial charge in [-0.1, -0.05) is 25.1 Å². The number of nitrogens with zero attached hydrogens (tertiary/aromatic N) is 1. The van der Waals surface area contributed by atoms with Gasteiger partial charge in [-0.2, -0.15) is 4.39 Å². The number of aromatic nitrogens is 2. The zero-order chi connectivity index (χ0) is 30.0. The third-order valence-electron chi connectivity index (χ3n) is 6.15. The van der Waals surface area contributed by atoms with Crippen LogP contribution in [-0.4, -0.2) is 63.0 Å². The van der Waals surface area contributed by atoms with Crippen molar-refractivity contribution in [2.45, 2.75) is 70.4 Å². The van der Waals surface area contributed by atoms with Crippen molar-refractivity contribution >= 4 is 13.6 Å². The second kappa shape index (κ2) is 11.9. The van der Waals surface area contributed by atoms with Gasteiger partial charge in [0.1, 0.15) is 30.2 Å². The van der Waals surface area contributed by atoms with E-state index in [2.05, 4.69) is 0 Å². The first kappa shape index (κ1) is 31.6. The maximum atomic E-state index is 15.9. The SMILES string of the molecule is CC(C)OC(=O)[C@H](C)C[P@](=O)(Oc1ccccc1)OC(C)(C)[C@H]1O[C@@H](n2cc(F)c(=O)[nH]c2=O)C(F)(CF)[C@H]1O. The topological polar surface area (TPSA) is 146 Å². The number of rotatable bonds is 11. The lowest BCUT2D eigenvalue weighted by atomic mass is 9.89. The predicted molar refractivity (Wildman–Crippen MR) is 136 cm³/mol. The number of nitrogens with one attached hydrogen (secondary N) is 1. The standard InChI is InChI=1S/C25H32F3N2O9P/c1-14(2)36-21(33)15(3)12-40(35,38-16-9-7-6-8-10-16)39-24(4,5)19-18(31)25(28,13-26)22(37-19)30-11-17(27)20(32)29-23(30)34/h6-11,14-15,18-19,22,31H,12-13H2,1-5H3,(H,29,32,34)/t15-,18+,19+,22-,25?,40+/m1/s1. The zero-order valence-electron chi connectivity index (χ0n) is 22.5. The smallest absolute Gasteiger partial charge is 0.380 e. The third kappa shape index (κ3) is 6.68. The Morgan fingerprint density at radius 2 is 1.88 bits per heavy atom. The Labute approximate surface area is 227 Å². The van der Waals surface area contributed by atoms with Crippen LogP contribution in [0.3, 0.4) is 0 Å². The molecule has 2 aromatic rings. The lowest BCUT2D eigenvalue weighted by Crippen LogP contribution is -2.51. The van der Waals surface area contributed by atoms with Crippen LogP contribution in [0, 0.1) is 11.7 Å². The molecule has 0 aliphatic carbocycles. The highest BCUT2D eigenvalue weighted by atomic mass is 31.2. The van der Waals surface area contributed by atoms with Crippen LogP contribution in [0.2, 0.25) is 0 Å². The van der Waals surface area contributed by atoms with Crippen LogP contribution in [0.4, 0.5) is 13.2 Å². The molecule has 0 radical (unpaired) electrons. The molecule has 40 heavy (non-hydrogen) atoms. The number of aliphatic hydroxyl groups is 1. The van der Waals surface area contributed by atoms with E-state index in [9.17, 15) is 32.8 Å². The number of alkyl halides is 2. The number of ether oxygens (including phenoxy) is 2. The summed E-state index contributed by atoms with van der Waals surface area (Å²) in [6.45, 7) is 5.31. The molecule has 1 aromatic heterocycles. The highest BCUT2D eigenvalue weighted by Crippen LogP contribution is 2.56. The number of hydrogen-bond donors (Lipinski definition) is 2. The van der Waals surface area contributed by atoms with Gasteiger partial charge in [-0.05, 0) is 39.8 Å². The minimum atomic E-state index is -4.35. The van der Waals surface area contributed by atoms with Gasteiger partial charge in [0, 0.05) is 0 Å². The van der Waals surface area contributed by atoms with E-state index in [-0.39, 0.29) is 10.3 Å². The molecule has 1 aromatic carbocycles. The van der Waals surface area contributed by atoms with Crippen molar-refractivity contribution in [3.05, 3.63) is 63.2 Å². The molecule has 222 valence electrons. The molecule has 0 amide bonds. The number of benzene rings is 1. The molecule has 0 bridgehead atoms. The molecule has 1 aliphatic rings. The summed E-state index contributed by atoms with van der Waals surface area (Å²) in [7, 11) is -4.35. The van der Waals surface area contributed by atoms with Crippen molar-refractivity contribution in [1.29, 1.82) is 0 Å². The minimum Gasteiger partial charge on any atom is -0.463 e. The van der Waals surface area contributed by atoms with Gasteiger partial charge in [0.2, 0.25) is 11.5 Å². The molecular weight excluding hydrogens is 560 g/mol. The molecule has 1 fully saturated rings. The summed E-state index contributed by atoms with van der Waals surface area (Å²) in [6.07, 6.45) is -7.01. The summed E-state index contributed by atoms with van der Waals surface area (Å²) in [5, 5.41) is 10.8. The number of hydrogen-bond acceptors (Lipinski definition) is 9. The van der Waals surface area contributed by atoms with Crippen LogP contribution in [-0.2, 0) is 23.4 Å². The second-order valence-electron chi connectivity index (χ2n) is 10.3. The van der Waals surface area contributed by atoms with Gasteiger partial charge < -0.3 is 19.1 Å². The predicted octanol–water partition coefficient (Wildman–Crippen LogP) is 3.27. The lowest BCUT2D eigenvalue weighted by Gasteiger charge is -2.36. The van der Waals surface area contributed by atoms with Crippen LogP contribution in [0.15, 0.2) is 46.1 Å². The quantitative estimate of drug-likeness (QED) is 0.297. The van der Waals surface area contributed by atoms with Gasteiger partial charge in [-0.3, -0.25) is 23.7 Å². The number of para-hydroxylation sites is 1. The van der Waals surface area contributed by atoms with Crippen molar-refractivity contribution in [2.75, 3.05) is 12.8 Å². The van der Waals surface area contributed by atoms with Crippen LogP contribution < -0.4 is 15.8 Å². The molecule has 6 atom stereocenters. The number of aromatic amines is 1. The molecule has 1 aliphatic heterocycles. The number of aliphatic hydroxyl groups excluding tert-OH is 1. The maximum Gasteiger partial charge on any atom is 0.380 e. The van der Waals surface area contributed by atoms with Gasteiger partial charge in [-0.15, -0.1) is 0 Å². The molecule has 1 saturated heterocycles. The van der Waals surface area contributed by atoms with Gasteiger partial charge in [0.05, 0.1) is 24.4 Å². The Balaban J connectivity index is 1.98. The van der Waals surface area contributed by atoms with Crippen LogP contribution in [0.25, 0.3) is 0 Å². The fourth-order valence-electron chi connectivity index (χ4n) is 4.25. The van der Waals surface area contributed by atoms with E-state index in [1.54, 1.807) is 37.0 Å².